The lowest BCUT2D eigenvalue weighted by atomic mass is 10.1. The number of hydrogen-bond donors (Lipinski definition) is 2. The zero-order valence-corrected chi connectivity index (χ0v) is 17.2. The summed E-state index contributed by atoms with van der Waals surface area (Å²) in [7, 11) is 0. The summed E-state index contributed by atoms with van der Waals surface area (Å²) in [5.74, 6) is -0.416. The van der Waals surface area contributed by atoms with E-state index in [0.29, 0.717) is 19.5 Å². The molecule has 1 unspecified atom stereocenters. The number of hydrogen-bond acceptors (Lipinski definition) is 4. The highest BCUT2D eigenvalue weighted by Gasteiger charge is 2.21. The standard InChI is InChI=1S/C24H25N5O2/c30-22(27-21-10-4-5-14-26-24(21)31)12-11-20-17-29(16-18-7-2-1-3-8-18)28-23(20)19-9-6-13-25-15-19/h1-3,6-9,11-13,15,17,21H,4-5,10,14,16H2,(H,26,31)(H,27,30). The molecule has 3 heterocycles. The molecule has 2 aromatic heterocycles. The van der Waals surface area contributed by atoms with Crippen LogP contribution in [0, 0.1) is 0 Å². The summed E-state index contributed by atoms with van der Waals surface area (Å²) in [6, 6.07) is 13.4. The molecule has 31 heavy (non-hydrogen) atoms. The number of aromatic nitrogens is 3. The first-order valence-corrected chi connectivity index (χ1v) is 10.5. The molecule has 1 fully saturated rings. The average Bonchev–Trinajstić information content (AvgIpc) is 3.09. The van der Waals surface area contributed by atoms with Gasteiger partial charge < -0.3 is 10.6 Å². The molecule has 1 saturated heterocycles. The predicted molar refractivity (Wildman–Crippen MR) is 119 cm³/mol. The maximum atomic E-state index is 12.5. The zero-order valence-electron chi connectivity index (χ0n) is 17.2. The Morgan fingerprint density at radius 3 is 2.87 bits per heavy atom. The number of nitrogens with zero attached hydrogens (tertiary/aromatic N) is 3. The number of rotatable bonds is 6. The third-order valence-electron chi connectivity index (χ3n) is 5.18. The van der Waals surface area contributed by atoms with Gasteiger partial charge in [-0.15, -0.1) is 0 Å². The molecule has 3 aromatic rings. The fourth-order valence-corrected chi connectivity index (χ4v) is 3.60. The van der Waals surface area contributed by atoms with Crippen molar-refractivity contribution in [2.75, 3.05) is 6.54 Å². The average molecular weight is 415 g/mol. The van der Waals surface area contributed by atoms with E-state index in [9.17, 15) is 9.59 Å². The molecule has 2 N–H and O–H groups in total. The van der Waals surface area contributed by atoms with E-state index in [2.05, 4.69) is 15.6 Å². The van der Waals surface area contributed by atoms with E-state index in [4.69, 9.17) is 5.10 Å². The van der Waals surface area contributed by atoms with Gasteiger partial charge >= 0.3 is 0 Å². The van der Waals surface area contributed by atoms with Gasteiger partial charge in [-0.2, -0.15) is 5.10 Å². The second kappa shape index (κ2) is 9.84. The number of amides is 2. The van der Waals surface area contributed by atoms with E-state index in [1.165, 1.54) is 6.08 Å². The van der Waals surface area contributed by atoms with Gasteiger partial charge in [0.15, 0.2) is 0 Å². The Morgan fingerprint density at radius 2 is 2.06 bits per heavy atom. The molecule has 0 saturated carbocycles. The lowest BCUT2D eigenvalue weighted by molar-refractivity contribution is -0.126. The van der Waals surface area contributed by atoms with E-state index in [-0.39, 0.29) is 11.8 Å². The summed E-state index contributed by atoms with van der Waals surface area (Å²) in [6.45, 7) is 1.28. The summed E-state index contributed by atoms with van der Waals surface area (Å²) in [5, 5.41) is 10.4. The molecule has 1 aliphatic heterocycles. The van der Waals surface area contributed by atoms with Gasteiger partial charge in [0.2, 0.25) is 11.8 Å². The molecular weight excluding hydrogens is 390 g/mol. The topological polar surface area (TPSA) is 88.9 Å². The smallest absolute Gasteiger partial charge is 0.244 e. The van der Waals surface area contributed by atoms with Crippen molar-refractivity contribution in [1.29, 1.82) is 0 Å². The van der Waals surface area contributed by atoms with Crippen LogP contribution >= 0.6 is 0 Å². The summed E-state index contributed by atoms with van der Waals surface area (Å²) < 4.78 is 1.86. The Bertz CT molecular complexity index is 1060. The van der Waals surface area contributed by atoms with Crippen LogP contribution in [0.4, 0.5) is 0 Å². The van der Waals surface area contributed by atoms with Crippen LogP contribution in [0.5, 0.6) is 0 Å². The highest BCUT2D eigenvalue weighted by Crippen LogP contribution is 2.23. The van der Waals surface area contributed by atoms with Gasteiger partial charge in [0.25, 0.3) is 0 Å². The van der Waals surface area contributed by atoms with Crippen molar-refractivity contribution in [2.45, 2.75) is 31.8 Å². The molecule has 4 rings (SSSR count). The fraction of sp³-hybridized carbons (Fsp3) is 0.250. The maximum Gasteiger partial charge on any atom is 0.244 e. The normalized spacial score (nSPS) is 16.6. The van der Waals surface area contributed by atoms with Crippen LogP contribution in [0.1, 0.15) is 30.4 Å². The molecule has 7 nitrogen and oxygen atoms in total. The Labute approximate surface area is 181 Å². The van der Waals surface area contributed by atoms with E-state index in [1.54, 1.807) is 18.5 Å². The molecule has 1 atom stereocenters. The number of carbonyl (C=O) groups excluding carboxylic acids is 2. The molecule has 0 radical (unpaired) electrons. The molecule has 2 amide bonds. The molecule has 158 valence electrons. The minimum absolute atomic E-state index is 0.119. The first kappa shape index (κ1) is 20.5. The quantitative estimate of drug-likeness (QED) is 0.606. The van der Waals surface area contributed by atoms with Crippen molar-refractivity contribution in [3.8, 4) is 11.3 Å². The summed E-state index contributed by atoms with van der Waals surface area (Å²) in [4.78, 5) is 28.7. The van der Waals surface area contributed by atoms with Gasteiger partial charge in [0, 0.05) is 42.3 Å². The summed E-state index contributed by atoms with van der Waals surface area (Å²) in [6.07, 6.45) is 11.1. The van der Waals surface area contributed by atoms with Crippen molar-refractivity contribution >= 4 is 17.9 Å². The number of carbonyl (C=O) groups is 2. The SMILES string of the molecule is O=C(C=Cc1cn(Cc2ccccc2)nc1-c1cccnc1)NC1CCCCNC1=O. The first-order chi connectivity index (χ1) is 15.2. The predicted octanol–water partition coefficient (Wildman–Crippen LogP) is 2.79. The molecule has 1 aliphatic rings. The molecule has 0 bridgehead atoms. The monoisotopic (exact) mass is 415 g/mol. The lowest BCUT2D eigenvalue weighted by Crippen LogP contribution is -2.44. The zero-order chi connectivity index (χ0) is 21.5. The molecular formula is C24H25N5O2. The molecule has 0 spiro atoms. The Kier molecular flexibility index (Phi) is 6.52. The second-order valence-corrected chi connectivity index (χ2v) is 7.54. The van der Waals surface area contributed by atoms with Gasteiger partial charge in [0.1, 0.15) is 11.7 Å². The van der Waals surface area contributed by atoms with Crippen LogP contribution in [0.25, 0.3) is 17.3 Å². The van der Waals surface area contributed by atoms with Crippen molar-refractivity contribution in [2.24, 2.45) is 0 Å². The minimum Gasteiger partial charge on any atom is -0.354 e. The van der Waals surface area contributed by atoms with Crippen LogP contribution in [0.3, 0.4) is 0 Å². The second-order valence-electron chi connectivity index (χ2n) is 7.54. The highest BCUT2D eigenvalue weighted by atomic mass is 16.2. The van der Waals surface area contributed by atoms with E-state index < -0.39 is 6.04 Å². The van der Waals surface area contributed by atoms with Crippen LogP contribution < -0.4 is 10.6 Å². The summed E-state index contributed by atoms with van der Waals surface area (Å²) >= 11 is 0. The van der Waals surface area contributed by atoms with Gasteiger partial charge in [-0.3, -0.25) is 19.3 Å². The fourth-order valence-electron chi connectivity index (χ4n) is 3.60. The Hall–Kier alpha value is -3.74. The van der Waals surface area contributed by atoms with Crippen molar-refractivity contribution in [1.82, 2.24) is 25.4 Å². The van der Waals surface area contributed by atoms with Crippen LogP contribution in [-0.2, 0) is 16.1 Å². The van der Waals surface area contributed by atoms with Gasteiger partial charge in [0.05, 0.1) is 6.54 Å². The third kappa shape index (κ3) is 5.45. The summed E-state index contributed by atoms with van der Waals surface area (Å²) in [5.41, 5.74) is 3.57. The number of nitrogens with one attached hydrogen (secondary N) is 2. The van der Waals surface area contributed by atoms with Crippen molar-refractivity contribution < 1.29 is 9.59 Å². The third-order valence-corrected chi connectivity index (χ3v) is 5.18. The number of pyridine rings is 1. The first-order valence-electron chi connectivity index (χ1n) is 10.5. The van der Waals surface area contributed by atoms with Crippen molar-refractivity contribution in [3.63, 3.8) is 0 Å². The van der Waals surface area contributed by atoms with Crippen LogP contribution in [-0.4, -0.2) is 39.2 Å². The largest absolute Gasteiger partial charge is 0.354 e. The highest BCUT2D eigenvalue weighted by molar-refractivity contribution is 5.96. The van der Waals surface area contributed by atoms with Gasteiger partial charge in [-0.05, 0) is 43.0 Å². The minimum atomic E-state index is -0.488. The lowest BCUT2D eigenvalue weighted by Gasteiger charge is -2.13. The van der Waals surface area contributed by atoms with Crippen LogP contribution in [0.2, 0.25) is 0 Å². The molecule has 1 aromatic carbocycles. The van der Waals surface area contributed by atoms with E-state index in [0.717, 1.165) is 35.2 Å². The maximum absolute atomic E-state index is 12.5. The van der Waals surface area contributed by atoms with Crippen molar-refractivity contribution in [3.05, 3.63) is 78.3 Å². The Balaban J connectivity index is 1.54. The van der Waals surface area contributed by atoms with E-state index in [1.807, 2.05) is 53.3 Å². The molecule has 0 aliphatic carbocycles. The Morgan fingerprint density at radius 1 is 1.19 bits per heavy atom. The number of benzene rings is 1. The van der Waals surface area contributed by atoms with Gasteiger partial charge in [-0.1, -0.05) is 30.3 Å². The molecule has 7 heteroatoms. The van der Waals surface area contributed by atoms with Gasteiger partial charge in [-0.25, -0.2) is 0 Å². The van der Waals surface area contributed by atoms with Crippen LogP contribution in [0.15, 0.2) is 67.1 Å². The van der Waals surface area contributed by atoms with E-state index >= 15 is 0 Å².